The first-order chi connectivity index (χ1) is 13.6. The molecule has 28 heavy (non-hydrogen) atoms. The van der Waals surface area contributed by atoms with Crippen LogP contribution in [-0.2, 0) is 6.54 Å². The molecule has 1 aliphatic heterocycles. The first kappa shape index (κ1) is 18.4. The molecule has 2 amide bonds. The van der Waals surface area contributed by atoms with Crippen molar-refractivity contribution >= 4 is 23.3 Å². The second-order valence-electron chi connectivity index (χ2n) is 6.84. The van der Waals surface area contributed by atoms with E-state index >= 15 is 0 Å². The Balaban J connectivity index is 1.56. The number of halogens is 1. The minimum Gasteiger partial charge on any atom is -0.314 e. The number of urea groups is 1. The van der Waals surface area contributed by atoms with E-state index in [1.165, 1.54) is 0 Å². The zero-order chi connectivity index (χ0) is 19.5. The van der Waals surface area contributed by atoms with Gasteiger partial charge in [0, 0.05) is 17.8 Å². The number of rotatable bonds is 4. The van der Waals surface area contributed by atoms with E-state index in [9.17, 15) is 4.79 Å². The number of nitrogens with zero attached hydrogens (tertiary/aromatic N) is 5. The van der Waals surface area contributed by atoms with E-state index in [-0.39, 0.29) is 12.1 Å². The van der Waals surface area contributed by atoms with Crippen molar-refractivity contribution in [2.45, 2.75) is 32.4 Å². The Bertz CT molecular complexity index is 957. The number of anilines is 1. The van der Waals surface area contributed by atoms with Crippen molar-refractivity contribution in [3.05, 3.63) is 71.0 Å². The van der Waals surface area contributed by atoms with Crippen molar-refractivity contribution in [3.8, 4) is 0 Å². The van der Waals surface area contributed by atoms with Gasteiger partial charge in [0.05, 0.1) is 24.5 Å². The zero-order valence-corrected chi connectivity index (χ0v) is 16.3. The molecule has 1 saturated heterocycles. The molecular formula is C20H21ClN6O. The fourth-order valence-electron chi connectivity index (χ4n) is 3.52. The lowest BCUT2D eigenvalue weighted by Gasteiger charge is -2.25. The number of benzene rings is 1. The Morgan fingerprint density at radius 1 is 1.25 bits per heavy atom. The minimum absolute atomic E-state index is 0.106. The molecule has 0 bridgehead atoms. The number of carbonyl (C=O) groups is 1. The molecule has 144 valence electrons. The average Bonchev–Trinajstić information content (AvgIpc) is 3.32. The lowest BCUT2D eigenvalue weighted by atomic mass is 10.2. The Hall–Kier alpha value is -2.93. The van der Waals surface area contributed by atoms with Crippen LogP contribution >= 0.6 is 11.6 Å². The first-order valence-electron chi connectivity index (χ1n) is 9.23. The maximum Gasteiger partial charge on any atom is 0.322 e. The summed E-state index contributed by atoms with van der Waals surface area (Å²) in [7, 11) is 0. The van der Waals surface area contributed by atoms with Crippen LogP contribution in [0.3, 0.4) is 0 Å². The fourth-order valence-corrected chi connectivity index (χ4v) is 3.65. The first-order valence-corrected chi connectivity index (χ1v) is 9.61. The summed E-state index contributed by atoms with van der Waals surface area (Å²) in [5.41, 5.74) is 1.79. The summed E-state index contributed by atoms with van der Waals surface area (Å²) >= 11 is 5.99. The van der Waals surface area contributed by atoms with Gasteiger partial charge in [-0.3, -0.25) is 4.98 Å². The van der Waals surface area contributed by atoms with E-state index in [2.05, 4.69) is 25.1 Å². The molecule has 3 heterocycles. The van der Waals surface area contributed by atoms with Crippen LogP contribution in [0.5, 0.6) is 0 Å². The molecule has 0 aliphatic carbocycles. The molecule has 0 unspecified atom stereocenters. The SMILES string of the molecule is Cc1nnc([C@H]2CCCN2C(=O)Nc2cccnc2)n1Cc1ccc(Cl)cc1. The Morgan fingerprint density at radius 2 is 2.07 bits per heavy atom. The number of aromatic nitrogens is 4. The summed E-state index contributed by atoms with van der Waals surface area (Å²) in [6.07, 6.45) is 5.10. The molecule has 4 rings (SSSR count). The van der Waals surface area contributed by atoms with Gasteiger partial charge in [0.25, 0.3) is 0 Å². The Kier molecular flexibility index (Phi) is 5.25. The molecular weight excluding hydrogens is 376 g/mol. The Morgan fingerprint density at radius 3 is 2.82 bits per heavy atom. The summed E-state index contributed by atoms with van der Waals surface area (Å²) in [5, 5.41) is 12.3. The summed E-state index contributed by atoms with van der Waals surface area (Å²) in [6.45, 7) is 3.25. The van der Waals surface area contributed by atoms with Gasteiger partial charge >= 0.3 is 6.03 Å². The van der Waals surface area contributed by atoms with Crippen LogP contribution in [0.4, 0.5) is 10.5 Å². The number of hydrogen-bond donors (Lipinski definition) is 1. The normalized spacial score (nSPS) is 16.4. The number of likely N-dealkylation sites (tertiary alicyclic amines) is 1. The minimum atomic E-state index is -0.144. The number of amides is 2. The van der Waals surface area contributed by atoms with Crippen LogP contribution in [0.15, 0.2) is 48.8 Å². The van der Waals surface area contributed by atoms with Crippen molar-refractivity contribution in [1.82, 2.24) is 24.6 Å². The summed E-state index contributed by atoms with van der Waals surface area (Å²) in [6, 6.07) is 11.1. The van der Waals surface area contributed by atoms with Gasteiger partial charge in [-0.05, 0) is 49.6 Å². The van der Waals surface area contributed by atoms with Crippen LogP contribution in [-0.4, -0.2) is 37.2 Å². The molecule has 1 N–H and O–H groups in total. The Labute approximate surface area is 168 Å². The highest BCUT2D eigenvalue weighted by molar-refractivity contribution is 6.30. The molecule has 1 aromatic carbocycles. The lowest BCUT2D eigenvalue weighted by Crippen LogP contribution is -2.35. The highest BCUT2D eigenvalue weighted by Crippen LogP contribution is 2.32. The molecule has 1 atom stereocenters. The molecule has 1 aliphatic rings. The smallest absolute Gasteiger partial charge is 0.314 e. The zero-order valence-electron chi connectivity index (χ0n) is 15.5. The molecule has 2 aromatic heterocycles. The van der Waals surface area contributed by atoms with Gasteiger partial charge in [-0.2, -0.15) is 0 Å². The van der Waals surface area contributed by atoms with Gasteiger partial charge in [0.2, 0.25) is 0 Å². The maximum atomic E-state index is 12.8. The molecule has 0 saturated carbocycles. The number of nitrogens with one attached hydrogen (secondary N) is 1. The van der Waals surface area contributed by atoms with Gasteiger partial charge in [0.15, 0.2) is 5.82 Å². The van der Waals surface area contributed by atoms with Gasteiger partial charge in [-0.15, -0.1) is 10.2 Å². The maximum absolute atomic E-state index is 12.8. The van der Waals surface area contributed by atoms with Crippen molar-refractivity contribution in [3.63, 3.8) is 0 Å². The van der Waals surface area contributed by atoms with Crippen molar-refractivity contribution in [1.29, 1.82) is 0 Å². The molecule has 0 spiro atoms. The van der Waals surface area contributed by atoms with Crippen LogP contribution in [0.2, 0.25) is 5.02 Å². The van der Waals surface area contributed by atoms with Crippen molar-refractivity contribution in [2.75, 3.05) is 11.9 Å². The summed E-state index contributed by atoms with van der Waals surface area (Å²) in [5.74, 6) is 1.63. The second-order valence-corrected chi connectivity index (χ2v) is 7.28. The van der Waals surface area contributed by atoms with E-state index in [4.69, 9.17) is 11.6 Å². The number of carbonyl (C=O) groups excluding carboxylic acids is 1. The van der Waals surface area contributed by atoms with E-state index in [0.29, 0.717) is 23.8 Å². The third-order valence-corrected chi connectivity index (χ3v) is 5.19. The standard InChI is InChI=1S/C20H21ClN6O/c1-14-24-25-19(27(14)13-15-6-8-16(21)9-7-15)18-5-3-11-26(18)20(28)23-17-4-2-10-22-12-17/h2,4,6-10,12,18H,3,5,11,13H2,1H3,(H,23,28)/t18-/m1/s1. The fraction of sp³-hybridized carbons (Fsp3) is 0.300. The van der Waals surface area contributed by atoms with Gasteiger partial charge in [0.1, 0.15) is 5.82 Å². The van der Waals surface area contributed by atoms with E-state index in [1.54, 1.807) is 18.5 Å². The van der Waals surface area contributed by atoms with Crippen LogP contribution in [0.1, 0.15) is 36.1 Å². The van der Waals surface area contributed by atoms with Crippen molar-refractivity contribution in [2.24, 2.45) is 0 Å². The predicted octanol–water partition coefficient (Wildman–Crippen LogP) is 4.05. The highest BCUT2D eigenvalue weighted by Gasteiger charge is 2.34. The molecule has 1 fully saturated rings. The third kappa shape index (κ3) is 3.84. The summed E-state index contributed by atoms with van der Waals surface area (Å²) < 4.78 is 2.07. The topological polar surface area (TPSA) is 75.9 Å². The largest absolute Gasteiger partial charge is 0.322 e. The monoisotopic (exact) mass is 396 g/mol. The quantitative estimate of drug-likeness (QED) is 0.721. The number of pyridine rings is 1. The second kappa shape index (κ2) is 7.98. The third-order valence-electron chi connectivity index (χ3n) is 4.94. The molecule has 8 heteroatoms. The van der Waals surface area contributed by atoms with Crippen LogP contribution in [0, 0.1) is 6.92 Å². The van der Waals surface area contributed by atoms with E-state index < -0.39 is 0 Å². The van der Waals surface area contributed by atoms with Crippen molar-refractivity contribution < 1.29 is 4.79 Å². The van der Waals surface area contributed by atoms with Gasteiger partial charge in [-0.1, -0.05) is 23.7 Å². The lowest BCUT2D eigenvalue weighted by molar-refractivity contribution is 0.204. The van der Waals surface area contributed by atoms with Gasteiger partial charge in [-0.25, -0.2) is 4.79 Å². The average molecular weight is 397 g/mol. The predicted molar refractivity (Wildman–Crippen MR) is 107 cm³/mol. The number of aryl methyl sites for hydroxylation is 1. The van der Waals surface area contributed by atoms with E-state index in [1.807, 2.05) is 42.2 Å². The number of hydrogen-bond acceptors (Lipinski definition) is 4. The molecule has 3 aromatic rings. The van der Waals surface area contributed by atoms with E-state index in [0.717, 1.165) is 30.1 Å². The summed E-state index contributed by atoms with van der Waals surface area (Å²) in [4.78, 5) is 18.7. The highest BCUT2D eigenvalue weighted by atomic mass is 35.5. The van der Waals surface area contributed by atoms with Crippen LogP contribution < -0.4 is 5.32 Å². The molecule has 0 radical (unpaired) electrons. The van der Waals surface area contributed by atoms with Crippen LogP contribution in [0.25, 0.3) is 0 Å². The molecule has 7 nitrogen and oxygen atoms in total. The van der Waals surface area contributed by atoms with Gasteiger partial charge < -0.3 is 14.8 Å².